The summed E-state index contributed by atoms with van der Waals surface area (Å²) < 4.78 is 0. The Balaban J connectivity index is 2.01. The molecule has 1 aliphatic carbocycles. The lowest BCUT2D eigenvalue weighted by Gasteiger charge is -2.38. The van der Waals surface area contributed by atoms with Gasteiger partial charge < -0.3 is 15.5 Å². The van der Waals surface area contributed by atoms with Gasteiger partial charge in [0.05, 0.1) is 0 Å². The predicted octanol–water partition coefficient (Wildman–Crippen LogP) is 2.54. The highest BCUT2D eigenvalue weighted by atomic mass is 16.2. The van der Waals surface area contributed by atoms with Crippen molar-refractivity contribution >= 4 is 11.9 Å². The minimum atomic E-state index is -0.413. The lowest BCUT2D eigenvalue weighted by molar-refractivity contribution is -0.127. The third-order valence-electron chi connectivity index (χ3n) is 5.03. The van der Waals surface area contributed by atoms with Crippen LogP contribution in [-0.2, 0) is 4.79 Å². The van der Waals surface area contributed by atoms with Crippen LogP contribution in [0.5, 0.6) is 0 Å². The number of carbonyl (C=O) groups is 2. The average molecular weight is 319 g/mol. The number of amides is 3. The van der Waals surface area contributed by atoms with Gasteiger partial charge in [-0.05, 0) is 29.2 Å². The Kier molecular flexibility index (Phi) is 4.87. The van der Waals surface area contributed by atoms with E-state index in [0.29, 0.717) is 26.2 Å². The second-order valence-corrected chi connectivity index (χ2v) is 7.96. The summed E-state index contributed by atoms with van der Waals surface area (Å²) in [6, 6.07) is -0.413. The van der Waals surface area contributed by atoms with Crippen LogP contribution in [0.3, 0.4) is 0 Å². The van der Waals surface area contributed by atoms with E-state index in [4.69, 9.17) is 5.73 Å². The summed E-state index contributed by atoms with van der Waals surface area (Å²) >= 11 is 0. The maximum atomic E-state index is 12.4. The zero-order valence-corrected chi connectivity index (χ0v) is 14.8. The molecule has 5 heteroatoms. The van der Waals surface area contributed by atoms with E-state index in [-0.39, 0.29) is 16.7 Å². The van der Waals surface area contributed by atoms with Crippen LogP contribution >= 0.6 is 0 Å². The quantitative estimate of drug-likeness (QED) is 0.795. The van der Waals surface area contributed by atoms with E-state index in [1.54, 1.807) is 15.9 Å². The number of hydrogen-bond acceptors (Lipinski definition) is 2. The molecule has 0 spiro atoms. The Morgan fingerprint density at radius 1 is 1.04 bits per heavy atom. The lowest BCUT2D eigenvalue weighted by atomic mass is 9.67. The summed E-state index contributed by atoms with van der Waals surface area (Å²) in [5.74, 6) is 0.00852. The van der Waals surface area contributed by atoms with Crippen LogP contribution in [0.15, 0.2) is 23.8 Å². The molecule has 0 aromatic rings. The fraction of sp³-hybridized carbons (Fsp3) is 0.667. The smallest absolute Gasteiger partial charge is 0.314 e. The minimum absolute atomic E-state index is 0.00852. The molecule has 0 unspecified atom stereocenters. The first-order valence-corrected chi connectivity index (χ1v) is 8.35. The highest BCUT2D eigenvalue weighted by molar-refractivity contribution is 5.88. The molecule has 1 aliphatic heterocycles. The first kappa shape index (κ1) is 17.6. The van der Waals surface area contributed by atoms with E-state index < -0.39 is 6.03 Å². The van der Waals surface area contributed by atoms with E-state index in [9.17, 15) is 9.59 Å². The van der Waals surface area contributed by atoms with E-state index in [1.165, 1.54) is 12.0 Å². The number of nitrogens with zero attached hydrogens (tertiary/aromatic N) is 2. The molecule has 3 amide bonds. The number of piperazine rings is 1. The van der Waals surface area contributed by atoms with Crippen LogP contribution in [0, 0.1) is 10.8 Å². The van der Waals surface area contributed by atoms with Crippen molar-refractivity contribution < 1.29 is 9.59 Å². The number of hydrogen-bond donors (Lipinski definition) is 1. The van der Waals surface area contributed by atoms with Gasteiger partial charge in [0.15, 0.2) is 0 Å². The fourth-order valence-corrected chi connectivity index (χ4v) is 3.15. The summed E-state index contributed by atoms with van der Waals surface area (Å²) in [6.07, 6.45) is 8.24. The molecule has 1 saturated heterocycles. The van der Waals surface area contributed by atoms with Gasteiger partial charge in [-0.25, -0.2) is 4.79 Å². The number of nitrogens with two attached hydrogens (primary N) is 1. The number of carbonyl (C=O) groups excluding carboxylic acids is 2. The molecule has 0 aromatic carbocycles. The number of primary amides is 1. The Labute approximate surface area is 139 Å². The van der Waals surface area contributed by atoms with Gasteiger partial charge in [-0.1, -0.05) is 39.8 Å². The van der Waals surface area contributed by atoms with Crippen LogP contribution in [0.1, 0.15) is 40.5 Å². The molecule has 2 aliphatic rings. The van der Waals surface area contributed by atoms with Crippen molar-refractivity contribution in [2.75, 3.05) is 26.2 Å². The van der Waals surface area contributed by atoms with Crippen LogP contribution in [0.4, 0.5) is 4.79 Å². The average Bonchev–Trinajstić information content (AvgIpc) is 2.48. The molecule has 2 N–H and O–H groups in total. The second kappa shape index (κ2) is 6.38. The zero-order valence-electron chi connectivity index (χ0n) is 14.8. The number of allylic oxidation sites excluding steroid dienone is 3. The molecule has 0 aromatic heterocycles. The minimum Gasteiger partial charge on any atom is -0.351 e. The summed E-state index contributed by atoms with van der Waals surface area (Å²) in [5.41, 5.74) is 6.79. The third-order valence-corrected chi connectivity index (χ3v) is 5.03. The molecule has 23 heavy (non-hydrogen) atoms. The molecule has 0 atom stereocenters. The van der Waals surface area contributed by atoms with Crippen LogP contribution in [0.25, 0.3) is 0 Å². The fourth-order valence-electron chi connectivity index (χ4n) is 3.15. The Morgan fingerprint density at radius 2 is 1.61 bits per heavy atom. The van der Waals surface area contributed by atoms with Crippen molar-refractivity contribution in [3.8, 4) is 0 Å². The molecule has 0 radical (unpaired) electrons. The Hall–Kier alpha value is -1.78. The van der Waals surface area contributed by atoms with E-state index >= 15 is 0 Å². The third kappa shape index (κ3) is 4.36. The van der Waals surface area contributed by atoms with E-state index in [0.717, 1.165) is 6.42 Å². The second-order valence-electron chi connectivity index (χ2n) is 7.96. The van der Waals surface area contributed by atoms with Gasteiger partial charge in [0.2, 0.25) is 5.91 Å². The van der Waals surface area contributed by atoms with Gasteiger partial charge >= 0.3 is 6.03 Å². The molecule has 0 saturated carbocycles. The molecule has 0 bridgehead atoms. The van der Waals surface area contributed by atoms with Crippen LogP contribution in [-0.4, -0.2) is 47.9 Å². The molecule has 5 nitrogen and oxygen atoms in total. The summed E-state index contributed by atoms with van der Waals surface area (Å²) in [5, 5.41) is 0. The number of urea groups is 1. The van der Waals surface area contributed by atoms with Crippen molar-refractivity contribution in [2.24, 2.45) is 16.6 Å². The molecule has 1 fully saturated rings. The molecule has 1 heterocycles. The van der Waals surface area contributed by atoms with Crippen molar-refractivity contribution in [3.63, 3.8) is 0 Å². The summed E-state index contributed by atoms with van der Waals surface area (Å²) in [6.45, 7) is 11.0. The highest BCUT2D eigenvalue weighted by Gasteiger charge is 2.32. The molecule has 128 valence electrons. The van der Waals surface area contributed by atoms with Crippen LogP contribution in [0.2, 0.25) is 0 Å². The molecule has 2 rings (SSSR count). The molecular weight excluding hydrogens is 290 g/mol. The zero-order chi connectivity index (χ0) is 17.3. The Bertz CT molecular complexity index is 538. The topological polar surface area (TPSA) is 66.6 Å². The largest absolute Gasteiger partial charge is 0.351 e. The first-order chi connectivity index (χ1) is 10.6. The van der Waals surface area contributed by atoms with Gasteiger partial charge in [-0.3, -0.25) is 4.79 Å². The van der Waals surface area contributed by atoms with Crippen LogP contribution < -0.4 is 5.73 Å². The van der Waals surface area contributed by atoms with Crippen molar-refractivity contribution in [2.45, 2.75) is 40.5 Å². The molecular formula is C18H29N3O2. The van der Waals surface area contributed by atoms with Gasteiger partial charge in [-0.15, -0.1) is 0 Å². The Morgan fingerprint density at radius 3 is 2.17 bits per heavy atom. The summed E-state index contributed by atoms with van der Waals surface area (Å²) in [7, 11) is 0. The van der Waals surface area contributed by atoms with Crippen molar-refractivity contribution in [3.05, 3.63) is 23.8 Å². The lowest BCUT2D eigenvalue weighted by Crippen LogP contribution is -2.51. The predicted molar refractivity (Wildman–Crippen MR) is 91.8 cm³/mol. The maximum absolute atomic E-state index is 12.4. The maximum Gasteiger partial charge on any atom is 0.314 e. The highest BCUT2D eigenvalue weighted by Crippen LogP contribution is 2.44. The standard InChI is InChI=1S/C18H29N3O2/c1-17(2)7-8-18(3,4)14(13-17)5-6-15(22)20-9-11-21(12-10-20)16(19)23/h5-6,13H,7-12H2,1-4H3,(H2,19,23). The number of rotatable bonds is 2. The SMILES string of the molecule is CC1(C)C=C(C=CC(=O)N2CCN(C(N)=O)CC2)C(C)(C)CC1. The van der Waals surface area contributed by atoms with Gasteiger partial charge in [-0.2, -0.15) is 0 Å². The summed E-state index contributed by atoms with van der Waals surface area (Å²) in [4.78, 5) is 26.8. The van der Waals surface area contributed by atoms with E-state index in [1.807, 2.05) is 6.08 Å². The van der Waals surface area contributed by atoms with Gasteiger partial charge in [0.1, 0.15) is 0 Å². The van der Waals surface area contributed by atoms with Crippen molar-refractivity contribution in [1.82, 2.24) is 9.80 Å². The first-order valence-electron chi connectivity index (χ1n) is 8.35. The van der Waals surface area contributed by atoms with E-state index in [2.05, 4.69) is 33.8 Å². The van der Waals surface area contributed by atoms with Gasteiger partial charge in [0, 0.05) is 32.3 Å². The van der Waals surface area contributed by atoms with Crippen molar-refractivity contribution in [1.29, 1.82) is 0 Å². The van der Waals surface area contributed by atoms with Gasteiger partial charge in [0.25, 0.3) is 0 Å². The monoisotopic (exact) mass is 319 g/mol. The normalized spacial score (nSPS) is 23.7.